The maximum atomic E-state index is 11.3. The summed E-state index contributed by atoms with van der Waals surface area (Å²) in [7, 11) is -2.81. The standard InChI is InChI=1S/C10H16N2O3S/c11-4-1-10-12-9(7-15-10)8-2-5-16(13,14)6-3-8/h7-8H,1-6,11H2. The smallest absolute Gasteiger partial charge is 0.195 e. The van der Waals surface area contributed by atoms with Crippen molar-refractivity contribution < 1.29 is 12.8 Å². The van der Waals surface area contributed by atoms with Gasteiger partial charge in [0.2, 0.25) is 0 Å². The van der Waals surface area contributed by atoms with Gasteiger partial charge in [0.1, 0.15) is 16.1 Å². The van der Waals surface area contributed by atoms with E-state index in [0.717, 1.165) is 5.69 Å². The van der Waals surface area contributed by atoms with E-state index in [-0.39, 0.29) is 17.4 Å². The second-order valence-corrected chi connectivity index (χ2v) is 6.43. The highest BCUT2D eigenvalue weighted by atomic mass is 32.2. The Balaban J connectivity index is 2.02. The first-order valence-corrected chi connectivity index (χ1v) is 7.27. The second-order valence-electron chi connectivity index (χ2n) is 4.13. The van der Waals surface area contributed by atoms with Crippen LogP contribution >= 0.6 is 0 Å². The summed E-state index contributed by atoms with van der Waals surface area (Å²) in [4.78, 5) is 4.33. The minimum atomic E-state index is -2.81. The molecule has 0 spiro atoms. The zero-order valence-electron chi connectivity index (χ0n) is 9.05. The molecule has 1 aliphatic heterocycles. The van der Waals surface area contributed by atoms with Crippen molar-refractivity contribution in [3.63, 3.8) is 0 Å². The highest BCUT2D eigenvalue weighted by Crippen LogP contribution is 2.28. The van der Waals surface area contributed by atoms with Gasteiger partial charge in [-0.15, -0.1) is 0 Å². The second kappa shape index (κ2) is 4.55. The van der Waals surface area contributed by atoms with E-state index in [1.54, 1.807) is 6.26 Å². The van der Waals surface area contributed by atoms with Crippen LogP contribution in [0.3, 0.4) is 0 Å². The van der Waals surface area contributed by atoms with E-state index in [4.69, 9.17) is 10.2 Å². The summed E-state index contributed by atoms with van der Waals surface area (Å²) in [6.45, 7) is 0.513. The van der Waals surface area contributed by atoms with Gasteiger partial charge in [-0.1, -0.05) is 0 Å². The molecule has 0 aliphatic carbocycles. The van der Waals surface area contributed by atoms with Crippen molar-refractivity contribution in [2.75, 3.05) is 18.1 Å². The van der Waals surface area contributed by atoms with E-state index in [0.29, 0.717) is 31.7 Å². The van der Waals surface area contributed by atoms with E-state index in [9.17, 15) is 8.42 Å². The van der Waals surface area contributed by atoms with Crippen LogP contribution in [0.15, 0.2) is 10.7 Å². The average Bonchev–Trinajstić information content (AvgIpc) is 2.67. The Bertz CT molecular complexity index is 438. The van der Waals surface area contributed by atoms with Gasteiger partial charge in [0.25, 0.3) is 0 Å². The van der Waals surface area contributed by atoms with Crippen molar-refractivity contribution in [1.29, 1.82) is 0 Å². The highest BCUT2D eigenvalue weighted by Gasteiger charge is 2.26. The fourth-order valence-corrected chi connectivity index (χ4v) is 3.43. The maximum Gasteiger partial charge on any atom is 0.195 e. The third-order valence-electron chi connectivity index (χ3n) is 2.90. The van der Waals surface area contributed by atoms with Gasteiger partial charge in [-0.3, -0.25) is 0 Å². The van der Waals surface area contributed by atoms with Crippen LogP contribution in [0.25, 0.3) is 0 Å². The van der Waals surface area contributed by atoms with Crippen LogP contribution < -0.4 is 5.73 Å². The summed E-state index contributed by atoms with van der Waals surface area (Å²) < 4.78 is 27.8. The first-order valence-electron chi connectivity index (χ1n) is 5.45. The van der Waals surface area contributed by atoms with Gasteiger partial charge >= 0.3 is 0 Å². The van der Waals surface area contributed by atoms with Crippen molar-refractivity contribution in [1.82, 2.24) is 4.98 Å². The maximum absolute atomic E-state index is 11.3. The van der Waals surface area contributed by atoms with Crippen molar-refractivity contribution in [3.8, 4) is 0 Å². The minimum absolute atomic E-state index is 0.221. The number of nitrogens with two attached hydrogens (primary N) is 1. The summed E-state index contributed by atoms with van der Waals surface area (Å²) in [6.07, 6.45) is 3.56. The molecule has 1 saturated heterocycles. The quantitative estimate of drug-likeness (QED) is 0.835. The molecule has 0 amide bonds. The minimum Gasteiger partial charge on any atom is -0.449 e. The molecule has 0 aromatic carbocycles. The van der Waals surface area contributed by atoms with Crippen LogP contribution in [0.5, 0.6) is 0 Å². The van der Waals surface area contributed by atoms with Crippen LogP contribution in [-0.2, 0) is 16.3 Å². The first-order chi connectivity index (χ1) is 7.61. The van der Waals surface area contributed by atoms with Crippen LogP contribution in [0.2, 0.25) is 0 Å². The van der Waals surface area contributed by atoms with Crippen LogP contribution in [0, 0.1) is 0 Å². The van der Waals surface area contributed by atoms with Gasteiger partial charge in [-0.25, -0.2) is 13.4 Å². The van der Waals surface area contributed by atoms with E-state index in [2.05, 4.69) is 4.98 Å². The molecule has 2 N–H and O–H groups in total. The molecule has 1 aliphatic rings. The third-order valence-corrected chi connectivity index (χ3v) is 4.62. The van der Waals surface area contributed by atoms with Gasteiger partial charge < -0.3 is 10.2 Å². The number of hydrogen-bond acceptors (Lipinski definition) is 5. The van der Waals surface area contributed by atoms with Gasteiger partial charge in [0.05, 0.1) is 17.2 Å². The van der Waals surface area contributed by atoms with Crippen LogP contribution in [-0.4, -0.2) is 31.5 Å². The Morgan fingerprint density at radius 1 is 1.44 bits per heavy atom. The predicted molar refractivity (Wildman–Crippen MR) is 59.9 cm³/mol. The van der Waals surface area contributed by atoms with Gasteiger partial charge in [-0.05, 0) is 12.8 Å². The van der Waals surface area contributed by atoms with E-state index in [1.165, 1.54) is 0 Å². The van der Waals surface area contributed by atoms with E-state index in [1.807, 2.05) is 0 Å². The monoisotopic (exact) mass is 244 g/mol. The molecule has 1 aromatic heterocycles. The summed E-state index contributed by atoms with van der Waals surface area (Å²) >= 11 is 0. The average molecular weight is 244 g/mol. The Morgan fingerprint density at radius 3 is 2.75 bits per heavy atom. The molecule has 0 radical (unpaired) electrons. The fourth-order valence-electron chi connectivity index (χ4n) is 1.94. The van der Waals surface area contributed by atoms with Gasteiger partial charge in [-0.2, -0.15) is 0 Å². The molecular weight excluding hydrogens is 228 g/mol. The topological polar surface area (TPSA) is 86.2 Å². The third kappa shape index (κ3) is 2.62. The van der Waals surface area contributed by atoms with Crippen LogP contribution in [0.1, 0.15) is 30.3 Å². The number of sulfone groups is 1. The molecule has 0 atom stereocenters. The number of oxazole rings is 1. The summed E-state index contributed by atoms with van der Waals surface area (Å²) in [5.41, 5.74) is 6.28. The first kappa shape index (κ1) is 11.6. The van der Waals surface area contributed by atoms with E-state index >= 15 is 0 Å². The summed E-state index contributed by atoms with van der Waals surface area (Å²) in [5, 5.41) is 0. The molecule has 1 fully saturated rings. The van der Waals surface area contributed by atoms with Gasteiger partial charge in [0, 0.05) is 18.9 Å². The Hall–Kier alpha value is -0.880. The molecule has 0 unspecified atom stereocenters. The van der Waals surface area contributed by atoms with Crippen LogP contribution in [0.4, 0.5) is 0 Å². The van der Waals surface area contributed by atoms with Gasteiger partial charge in [0.15, 0.2) is 5.89 Å². The number of aromatic nitrogens is 1. The van der Waals surface area contributed by atoms with Crippen molar-refractivity contribution in [2.24, 2.45) is 5.73 Å². The number of rotatable bonds is 3. The molecule has 0 saturated carbocycles. The van der Waals surface area contributed by atoms with Crippen molar-refractivity contribution in [2.45, 2.75) is 25.2 Å². The largest absolute Gasteiger partial charge is 0.449 e. The zero-order valence-corrected chi connectivity index (χ0v) is 9.87. The molecule has 1 aromatic rings. The van der Waals surface area contributed by atoms with E-state index < -0.39 is 9.84 Å². The Morgan fingerprint density at radius 2 is 2.12 bits per heavy atom. The normalized spacial score (nSPS) is 21.1. The molecule has 0 bridgehead atoms. The highest BCUT2D eigenvalue weighted by molar-refractivity contribution is 7.91. The lowest BCUT2D eigenvalue weighted by molar-refractivity contribution is 0.494. The van der Waals surface area contributed by atoms with Crippen molar-refractivity contribution >= 4 is 9.84 Å². The fraction of sp³-hybridized carbons (Fsp3) is 0.700. The van der Waals surface area contributed by atoms with Crippen molar-refractivity contribution in [3.05, 3.63) is 17.8 Å². The lowest BCUT2D eigenvalue weighted by Crippen LogP contribution is -2.22. The molecular formula is C10H16N2O3S. The lowest BCUT2D eigenvalue weighted by atomic mass is 10.00. The predicted octanol–water partition coefficient (Wildman–Crippen LogP) is 0.468. The molecule has 6 heteroatoms. The Kier molecular flexibility index (Phi) is 3.30. The summed E-state index contributed by atoms with van der Waals surface area (Å²) in [6, 6.07) is 0. The SMILES string of the molecule is NCCc1nc(C2CCS(=O)(=O)CC2)co1. The lowest BCUT2D eigenvalue weighted by Gasteiger charge is -2.19. The summed E-state index contributed by atoms with van der Waals surface area (Å²) in [5.74, 6) is 1.39. The zero-order chi connectivity index (χ0) is 11.6. The Labute approximate surface area is 95.0 Å². The molecule has 5 nitrogen and oxygen atoms in total. The molecule has 16 heavy (non-hydrogen) atoms. The molecule has 2 rings (SSSR count). The molecule has 90 valence electrons. The number of nitrogens with zero attached hydrogens (tertiary/aromatic N) is 1. The number of hydrogen-bond donors (Lipinski definition) is 1. The molecule has 2 heterocycles.